The van der Waals surface area contributed by atoms with E-state index in [1.165, 1.54) is 68.1 Å². The van der Waals surface area contributed by atoms with Crippen molar-refractivity contribution in [1.82, 2.24) is 0 Å². The standard InChI is InChI=1S/C29H36O2/c1-30-27-15-13-25(14-16-27)28-17-20-29(18-7-3-8-19-29)22-26(28)12-6-9-21-31-23-24-10-4-2-5-11-24/h2,4-5,10-11,13-17,20H,3,6-9,12,18-19,21-23H2,1H3. The van der Waals surface area contributed by atoms with E-state index in [-0.39, 0.29) is 0 Å². The van der Waals surface area contributed by atoms with E-state index < -0.39 is 0 Å². The fourth-order valence-electron chi connectivity index (χ4n) is 5.16. The lowest BCUT2D eigenvalue weighted by molar-refractivity contribution is 0.117. The van der Waals surface area contributed by atoms with E-state index in [4.69, 9.17) is 9.47 Å². The van der Waals surface area contributed by atoms with E-state index in [0.29, 0.717) is 12.0 Å². The van der Waals surface area contributed by atoms with E-state index in [1.807, 2.05) is 0 Å². The molecule has 1 saturated carbocycles. The first-order valence-corrected chi connectivity index (χ1v) is 12.0. The second-order valence-corrected chi connectivity index (χ2v) is 9.17. The molecule has 4 rings (SSSR count). The first-order valence-electron chi connectivity index (χ1n) is 12.0. The number of rotatable bonds is 9. The zero-order valence-corrected chi connectivity index (χ0v) is 18.9. The molecule has 0 unspecified atom stereocenters. The average molecular weight is 417 g/mol. The number of hydrogen-bond acceptors (Lipinski definition) is 2. The van der Waals surface area contributed by atoms with Gasteiger partial charge in [-0.1, -0.05) is 79.5 Å². The van der Waals surface area contributed by atoms with Gasteiger partial charge in [0, 0.05) is 6.61 Å². The van der Waals surface area contributed by atoms with E-state index in [1.54, 1.807) is 12.7 Å². The summed E-state index contributed by atoms with van der Waals surface area (Å²) in [7, 11) is 1.73. The van der Waals surface area contributed by atoms with Crippen LogP contribution < -0.4 is 4.74 Å². The summed E-state index contributed by atoms with van der Waals surface area (Å²) >= 11 is 0. The number of methoxy groups -OCH3 is 1. The highest BCUT2D eigenvalue weighted by molar-refractivity contribution is 5.78. The second kappa shape index (κ2) is 10.8. The van der Waals surface area contributed by atoms with Gasteiger partial charge in [0.1, 0.15) is 5.75 Å². The summed E-state index contributed by atoms with van der Waals surface area (Å²) in [4.78, 5) is 0. The molecular weight excluding hydrogens is 380 g/mol. The molecular formula is C29H36O2. The molecule has 1 fully saturated rings. The van der Waals surface area contributed by atoms with E-state index in [2.05, 4.69) is 66.7 Å². The molecule has 2 nitrogen and oxygen atoms in total. The van der Waals surface area contributed by atoms with E-state index in [9.17, 15) is 0 Å². The summed E-state index contributed by atoms with van der Waals surface area (Å²) in [5.74, 6) is 0.921. The normalized spacial score (nSPS) is 17.8. The van der Waals surface area contributed by atoms with E-state index in [0.717, 1.165) is 18.8 Å². The van der Waals surface area contributed by atoms with Gasteiger partial charge in [-0.2, -0.15) is 0 Å². The molecule has 2 aromatic rings. The Morgan fingerprint density at radius 1 is 0.871 bits per heavy atom. The van der Waals surface area contributed by atoms with Gasteiger partial charge in [0.25, 0.3) is 0 Å². The molecule has 2 heteroatoms. The number of ether oxygens (including phenoxy) is 2. The molecule has 164 valence electrons. The first kappa shape index (κ1) is 21.9. The smallest absolute Gasteiger partial charge is 0.118 e. The van der Waals surface area contributed by atoms with Gasteiger partial charge in [-0.05, 0) is 72.8 Å². The molecule has 1 spiro atoms. The predicted molar refractivity (Wildman–Crippen MR) is 129 cm³/mol. The van der Waals surface area contributed by atoms with Crippen molar-refractivity contribution in [3.05, 3.63) is 83.4 Å². The molecule has 0 saturated heterocycles. The van der Waals surface area contributed by atoms with Crippen molar-refractivity contribution < 1.29 is 9.47 Å². The van der Waals surface area contributed by atoms with Crippen LogP contribution in [-0.4, -0.2) is 13.7 Å². The van der Waals surface area contributed by atoms with Gasteiger partial charge in [0.05, 0.1) is 13.7 Å². The van der Waals surface area contributed by atoms with Crippen molar-refractivity contribution in [1.29, 1.82) is 0 Å². The third kappa shape index (κ3) is 5.89. The van der Waals surface area contributed by atoms with Gasteiger partial charge in [0.2, 0.25) is 0 Å². The maximum Gasteiger partial charge on any atom is 0.118 e. The summed E-state index contributed by atoms with van der Waals surface area (Å²) < 4.78 is 11.3. The van der Waals surface area contributed by atoms with Gasteiger partial charge in [-0.15, -0.1) is 0 Å². The number of unbranched alkanes of at least 4 members (excludes halogenated alkanes) is 1. The minimum atomic E-state index is 0.410. The summed E-state index contributed by atoms with van der Waals surface area (Å²) in [6.45, 7) is 1.55. The van der Waals surface area contributed by atoms with Crippen molar-refractivity contribution in [2.45, 2.75) is 64.4 Å². The maximum absolute atomic E-state index is 5.91. The summed E-state index contributed by atoms with van der Waals surface area (Å²) in [6, 6.07) is 19.0. The first-order chi connectivity index (χ1) is 15.3. The number of hydrogen-bond donors (Lipinski definition) is 0. The third-order valence-electron chi connectivity index (χ3n) is 6.93. The lowest BCUT2D eigenvalue weighted by Gasteiger charge is -2.39. The van der Waals surface area contributed by atoms with Gasteiger partial charge in [-0.25, -0.2) is 0 Å². The maximum atomic E-state index is 5.91. The summed E-state index contributed by atoms with van der Waals surface area (Å²) in [5.41, 5.74) is 6.05. The Labute approximate surface area is 188 Å². The van der Waals surface area contributed by atoms with Crippen LogP contribution in [0.15, 0.2) is 72.3 Å². The topological polar surface area (TPSA) is 18.5 Å². The quantitative estimate of drug-likeness (QED) is 0.389. The largest absolute Gasteiger partial charge is 0.497 e. The number of allylic oxidation sites excluding steroid dienone is 4. The van der Waals surface area contributed by atoms with Crippen LogP contribution in [0.2, 0.25) is 0 Å². The summed E-state index contributed by atoms with van der Waals surface area (Å²) in [5, 5.41) is 0. The fourth-order valence-corrected chi connectivity index (χ4v) is 5.16. The Kier molecular flexibility index (Phi) is 7.64. The van der Waals surface area contributed by atoms with Crippen LogP contribution in [0.3, 0.4) is 0 Å². The monoisotopic (exact) mass is 416 g/mol. The van der Waals surface area contributed by atoms with Gasteiger partial charge < -0.3 is 9.47 Å². The van der Waals surface area contributed by atoms with Crippen LogP contribution in [0.25, 0.3) is 5.57 Å². The molecule has 2 aromatic carbocycles. The highest BCUT2D eigenvalue weighted by Crippen LogP contribution is 2.48. The van der Waals surface area contributed by atoms with Gasteiger partial charge in [0.15, 0.2) is 0 Å². The fraction of sp³-hybridized carbons (Fsp3) is 0.448. The zero-order valence-electron chi connectivity index (χ0n) is 18.9. The Hall–Kier alpha value is -2.32. The van der Waals surface area contributed by atoms with Crippen LogP contribution in [0.4, 0.5) is 0 Å². The van der Waals surface area contributed by atoms with Gasteiger partial charge >= 0.3 is 0 Å². The molecule has 0 heterocycles. The van der Waals surface area contributed by atoms with Crippen molar-refractivity contribution >= 4 is 5.57 Å². The van der Waals surface area contributed by atoms with Crippen LogP contribution in [0, 0.1) is 5.41 Å². The summed E-state index contributed by atoms with van der Waals surface area (Å²) in [6.07, 6.45) is 16.5. The van der Waals surface area contributed by atoms with Crippen LogP contribution >= 0.6 is 0 Å². The second-order valence-electron chi connectivity index (χ2n) is 9.17. The average Bonchev–Trinajstić information content (AvgIpc) is 2.83. The van der Waals surface area contributed by atoms with Crippen molar-refractivity contribution in [3.63, 3.8) is 0 Å². The molecule has 2 aliphatic carbocycles. The Morgan fingerprint density at radius 2 is 1.65 bits per heavy atom. The SMILES string of the molecule is COc1ccc(C2=C(CCCCOCc3ccccc3)CC3(C=C2)CCCCC3)cc1. The molecule has 0 aliphatic heterocycles. The van der Waals surface area contributed by atoms with Crippen LogP contribution in [-0.2, 0) is 11.3 Å². The molecule has 0 radical (unpaired) electrons. The molecule has 0 N–H and O–H groups in total. The Balaban J connectivity index is 1.38. The molecule has 2 aliphatic rings. The third-order valence-corrected chi connectivity index (χ3v) is 6.93. The van der Waals surface area contributed by atoms with Crippen molar-refractivity contribution in [2.75, 3.05) is 13.7 Å². The molecule has 0 amide bonds. The molecule has 0 atom stereocenters. The van der Waals surface area contributed by atoms with Gasteiger partial charge in [-0.3, -0.25) is 0 Å². The predicted octanol–water partition coefficient (Wildman–Crippen LogP) is 7.75. The highest BCUT2D eigenvalue weighted by atomic mass is 16.5. The van der Waals surface area contributed by atoms with Crippen LogP contribution in [0.1, 0.15) is 68.9 Å². The molecule has 0 aromatic heterocycles. The number of benzene rings is 2. The molecule has 31 heavy (non-hydrogen) atoms. The molecule has 0 bridgehead atoms. The zero-order chi connectivity index (χ0) is 21.4. The lowest BCUT2D eigenvalue weighted by Crippen LogP contribution is -2.24. The van der Waals surface area contributed by atoms with Crippen molar-refractivity contribution in [2.24, 2.45) is 5.41 Å². The van der Waals surface area contributed by atoms with E-state index >= 15 is 0 Å². The highest BCUT2D eigenvalue weighted by Gasteiger charge is 2.33. The van der Waals surface area contributed by atoms with Crippen LogP contribution in [0.5, 0.6) is 5.75 Å². The Bertz CT molecular complexity index is 871. The lowest BCUT2D eigenvalue weighted by atomic mass is 9.66. The minimum Gasteiger partial charge on any atom is -0.497 e. The minimum absolute atomic E-state index is 0.410. The Morgan fingerprint density at radius 3 is 2.39 bits per heavy atom. The van der Waals surface area contributed by atoms with Crippen molar-refractivity contribution in [3.8, 4) is 5.75 Å².